The third-order valence-corrected chi connectivity index (χ3v) is 5.18. The molecule has 1 radical (unpaired) electrons. The van der Waals surface area contributed by atoms with Gasteiger partial charge in [0.1, 0.15) is 0 Å². The van der Waals surface area contributed by atoms with Gasteiger partial charge >= 0.3 is 0 Å². The van der Waals surface area contributed by atoms with Crippen LogP contribution in [0.4, 0.5) is 0 Å². The summed E-state index contributed by atoms with van der Waals surface area (Å²) in [5, 5.41) is 10.3. The van der Waals surface area contributed by atoms with E-state index in [0.717, 1.165) is 19.3 Å². The van der Waals surface area contributed by atoms with E-state index in [4.69, 9.17) is 0 Å². The van der Waals surface area contributed by atoms with Crippen LogP contribution in [-0.2, 0) is 0 Å². The summed E-state index contributed by atoms with van der Waals surface area (Å²) in [6, 6.07) is 0. The van der Waals surface area contributed by atoms with Gasteiger partial charge in [-0.05, 0) is 19.3 Å². The molecule has 1 unspecified atom stereocenters. The summed E-state index contributed by atoms with van der Waals surface area (Å²) < 4.78 is 0. The van der Waals surface area contributed by atoms with Gasteiger partial charge in [0, 0.05) is 0 Å². The van der Waals surface area contributed by atoms with Gasteiger partial charge in [-0.2, -0.15) is 0 Å². The van der Waals surface area contributed by atoms with Gasteiger partial charge in [-0.3, -0.25) is 0 Å². The van der Waals surface area contributed by atoms with Gasteiger partial charge in [0.25, 0.3) is 0 Å². The van der Waals surface area contributed by atoms with Gasteiger partial charge in [-0.1, -0.05) is 117 Å². The first-order valence-electron chi connectivity index (χ1n) is 10.7. The Morgan fingerprint density at radius 3 is 1.30 bits per heavy atom. The molecular formula is C22H45O. The van der Waals surface area contributed by atoms with Gasteiger partial charge < -0.3 is 5.11 Å². The number of hydrogen-bond acceptors (Lipinski definition) is 1. The maximum absolute atomic E-state index is 10.3. The molecule has 23 heavy (non-hydrogen) atoms. The highest BCUT2D eigenvalue weighted by molar-refractivity contribution is 4.78. The molecular weight excluding hydrogens is 280 g/mol. The van der Waals surface area contributed by atoms with Crippen LogP contribution >= 0.6 is 0 Å². The van der Waals surface area contributed by atoms with Crippen LogP contribution in [0.2, 0.25) is 0 Å². The molecule has 0 fully saturated rings. The van der Waals surface area contributed by atoms with Crippen molar-refractivity contribution in [3.05, 3.63) is 6.92 Å². The minimum Gasteiger partial charge on any atom is -0.390 e. The van der Waals surface area contributed by atoms with Crippen LogP contribution in [0, 0.1) is 6.92 Å². The first-order chi connectivity index (χ1) is 11.2. The molecule has 0 heterocycles. The minimum absolute atomic E-state index is 0.480. The third kappa shape index (κ3) is 15.2. The molecule has 0 saturated heterocycles. The third-order valence-electron chi connectivity index (χ3n) is 5.18. The highest BCUT2D eigenvalue weighted by Gasteiger charge is 2.22. The Kier molecular flexibility index (Phi) is 16.8. The molecule has 1 N–H and O–H groups in total. The minimum atomic E-state index is -0.480. The molecule has 139 valence electrons. The number of rotatable bonds is 18. The zero-order chi connectivity index (χ0) is 17.2. The summed E-state index contributed by atoms with van der Waals surface area (Å²) in [5.41, 5.74) is -0.480. The maximum Gasteiger partial charge on any atom is 0.0647 e. The standard InChI is InChI=1S/C22H45O/c1-4-7-8-9-10-11-12-13-14-15-16-17-18-19-21-22(23,6-3)20-5-2/h23H,3-21H2,1-2H3. The lowest BCUT2D eigenvalue weighted by atomic mass is 9.89. The maximum atomic E-state index is 10.3. The Balaban J connectivity index is 3.21. The fourth-order valence-electron chi connectivity index (χ4n) is 3.49. The number of hydrogen-bond donors (Lipinski definition) is 1. The van der Waals surface area contributed by atoms with Crippen LogP contribution in [0.15, 0.2) is 0 Å². The van der Waals surface area contributed by atoms with Crippen molar-refractivity contribution >= 4 is 0 Å². The smallest absolute Gasteiger partial charge is 0.0647 e. The highest BCUT2D eigenvalue weighted by Crippen LogP contribution is 2.24. The lowest BCUT2D eigenvalue weighted by Crippen LogP contribution is -2.27. The largest absolute Gasteiger partial charge is 0.390 e. The molecule has 1 atom stereocenters. The molecule has 1 heteroatoms. The molecule has 0 aliphatic heterocycles. The van der Waals surface area contributed by atoms with Crippen molar-refractivity contribution in [3.8, 4) is 0 Å². The van der Waals surface area contributed by atoms with Gasteiger partial charge in [0.15, 0.2) is 0 Å². The zero-order valence-corrected chi connectivity index (χ0v) is 16.4. The van der Waals surface area contributed by atoms with Gasteiger partial charge in [-0.15, -0.1) is 0 Å². The van der Waals surface area contributed by atoms with E-state index < -0.39 is 5.60 Å². The van der Waals surface area contributed by atoms with Crippen LogP contribution < -0.4 is 0 Å². The van der Waals surface area contributed by atoms with Crippen molar-refractivity contribution in [2.75, 3.05) is 0 Å². The fourth-order valence-corrected chi connectivity index (χ4v) is 3.49. The lowest BCUT2D eigenvalue weighted by molar-refractivity contribution is 0.0217. The average molecular weight is 326 g/mol. The first-order valence-corrected chi connectivity index (χ1v) is 10.7. The molecule has 0 saturated carbocycles. The molecule has 0 spiro atoms. The monoisotopic (exact) mass is 325 g/mol. The Hall–Kier alpha value is -0.0400. The fraction of sp³-hybridized carbons (Fsp3) is 0.955. The van der Waals surface area contributed by atoms with Gasteiger partial charge in [0.05, 0.1) is 5.60 Å². The highest BCUT2D eigenvalue weighted by atomic mass is 16.3. The molecule has 0 rings (SSSR count). The van der Waals surface area contributed by atoms with Gasteiger partial charge in [-0.25, -0.2) is 0 Å². The molecule has 0 aliphatic carbocycles. The van der Waals surface area contributed by atoms with E-state index >= 15 is 0 Å². The van der Waals surface area contributed by atoms with Gasteiger partial charge in [0.2, 0.25) is 0 Å². The van der Waals surface area contributed by atoms with Crippen molar-refractivity contribution in [2.24, 2.45) is 0 Å². The Bertz CT molecular complexity index is 226. The summed E-state index contributed by atoms with van der Waals surface area (Å²) in [6.45, 7) is 8.34. The SMILES string of the molecule is [CH2]CC(O)(CCC)CCCCCCCCCCCCCCCC. The van der Waals surface area contributed by atoms with Crippen molar-refractivity contribution in [1.82, 2.24) is 0 Å². The van der Waals surface area contributed by atoms with E-state index in [9.17, 15) is 5.11 Å². The summed E-state index contributed by atoms with van der Waals surface area (Å²) >= 11 is 0. The average Bonchev–Trinajstić information content (AvgIpc) is 2.55. The van der Waals surface area contributed by atoms with E-state index in [1.807, 2.05) is 0 Å². The summed E-state index contributed by atoms with van der Waals surface area (Å²) in [5.74, 6) is 0. The number of aliphatic hydroxyl groups is 1. The number of unbranched alkanes of at least 4 members (excludes halogenated alkanes) is 13. The summed E-state index contributed by atoms with van der Waals surface area (Å²) in [7, 11) is 0. The Labute approximate surface area is 147 Å². The zero-order valence-electron chi connectivity index (χ0n) is 16.4. The quantitative estimate of drug-likeness (QED) is 0.257. The normalized spacial score (nSPS) is 14.1. The topological polar surface area (TPSA) is 20.2 Å². The van der Waals surface area contributed by atoms with Crippen LogP contribution in [0.1, 0.15) is 129 Å². The van der Waals surface area contributed by atoms with E-state index in [-0.39, 0.29) is 0 Å². The van der Waals surface area contributed by atoms with Crippen molar-refractivity contribution in [1.29, 1.82) is 0 Å². The van der Waals surface area contributed by atoms with Crippen molar-refractivity contribution in [2.45, 2.75) is 135 Å². The Morgan fingerprint density at radius 1 is 0.565 bits per heavy atom. The van der Waals surface area contributed by atoms with Crippen LogP contribution in [-0.4, -0.2) is 10.7 Å². The molecule has 0 bridgehead atoms. The summed E-state index contributed by atoms with van der Waals surface area (Å²) in [4.78, 5) is 0. The van der Waals surface area contributed by atoms with E-state index in [1.54, 1.807) is 0 Å². The van der Waals surface area contributed by atoms with E-state index in [0.29, 0.717) is 6.42 Å². The van der Waals surface area contributed by atoms with Crippen LogP contribution in [0.5, 0.6) is 0 Å². The predicted molar refractivity (Wildman–Crippen MR) is 105 cm³/mol. The molecule has 0 aromatic rings. The molecule has 1 nitrogen and oxygen atoms in total. The van der Waals surface area contributed by atoms with E-state index in [1.165, 1.54) is 89.9 Å². The van der Waals surface area contributed by atoms with Crippen molar-refractivity contribution < 1.29 is 5.11 Å². The molecule has 0 aromatic heterocycles. The van der Waals surface area contributed by atoms with Crippen molar-refractivity contribution in [3.63, 3.8) is 0 Å². The molecule has 0 aliphatic rings. The second-order valence-corrected chi connectivity index (χ2v) is 7.57. The first kappa shape index (κ1) is 23.0. The molecule has 0 aromatic carbocycles. The van der Waals surface area contributed by atoms with E-state index in [2.05, 4.69) is 20.8 Å². The second kappa shape index (κ2) is 16.8. The Morgan fingerprint density at radius 2 is 0.957 bits per heavy atom. The molecule has 0 amide bonds. The summed E-state index contributed by atoms with van der Waals surface area (Å²) in [6.07, 6.45) is 23.0. The predicted octanol–water partition coefficient (Wildman–Crippen LogP) is 7.61. The second-order valence-electron chi connectivity index (χ2n) is 7.57. The lowest BCUT2D eigenvalue weighted by Gasteiger charge is -2.26. The van der Waals surface area contributed by atoms with Crippen LogP contribution in [0.3, 0.4) is 0 Å². The van der Waals surface area contributed by atoms with Crippen LogP contribution in [0.25, 0.3) is 0 Å².